The lowest BCUT2D eigenvalue weighted by Crippen LogP contribution is -2.54. The molecule has 5 atom stereocenters. The molecule has 12 heteroatoms. The molecule has 50 heavy (non-hydrogen) atoms. The van der Waals surface area contributed by atoms with E-state index in [-0.39, 0.29) is 48.5 Å². The molecule has 0 bridgehead atoms. The molecule has 2 aromatic rings. The molecule has 1 aromatic carbocycles. The maximum absolute atomic E-state index is 15.4. The summed E-state index contributed by atoms with van der Waals surface area (Å²) in [4.78, 5) is 58.0. The number of aromatic nitrogens is 1. The third-order valence-corrected chi connectivity index (χ3v) is 11.9. The number of ether oxygens (including phenoxy) is 1. The monoisotopic (exact) mass is 692 g/mol. The molecule has 4 aliphatic heterocycles. The molecule has 0 N–H and O–H groups in total. The van der Waals surface area contributed by atoms with Gasteiger partial charge in [0.15, 0.2) is 0 Å². The van der Waals surface area contributed by atoms with E-state index in [1.165, 1.54) is 12.1 Å². The molecule has 5 fully saturated rings. The largest absolute Gasteiger partial charge is 0.368 e. The Morgan fingerprint density at radius 1 is 0.900 bits per heavy atom. The van der Waals surface area contributed by atoms with E-state index < -0.39 is 35.6 Å². The van der Waals surface area contributed by atoms with Crippen molar-refractivity contribution < 1.29 is 27.9 Å². The van der Waals surface area contributed by atoms with Crippen molar-refractivity contribution in [3.63, 3.8) is 0 Å². The molecular weight excluding hydrogens is 642 g/mol. The SMILES string of the molecule is CN1CCN(C(=O)[C@@H]2C[C@H](N(C(=O)[C@@H]3CCCO3)[C@H]3CC[C@@H](C)CC3)CN2C(=O)[C@@H]2CN(c3ccccn3)C[C@H]2c2ccc(F)cc2F)CC1. The van der Waals surface area contributed by atoms with Gasteiger partial charge in [0.05, 0.1) is 12.0 Å². The molecule has 5 heterocycles. The van der Waals surface area contributed by atoms with Crippen molar-refractivity contribution in [2.75, 3.05) is 64.4 Å². The van der Waals surface area contributed by atoms with Crippen LogP contribution in [-0.4, -0.2) is 126 Å². The first-order valence-corrected chi connectivity index (χ1v) is 18.5. The van der Waals surface area contributed by atoms with Crippen LogP contribution in [0.4, 0.5) is 14.6 Å². The Morgan fingerprint density at radius 2 is 1.68 bits per heavy atom. The van der Waals surface area contributed by atoms with Gasteiger partial charge in [-0.1, -0.05) is 19.1 Å². The van der Waals surface area contributed by atoms with Crippen molar-refractivity contribution in [3.05, 3.63) is 59.8 Å². The second kappa shape index (κ2) is 14.9. The maximum atomic E-state index is 15.4. The molecule has 0 radical (unpaired) electrons. The number of rotatable bonds is 7. The van der Waals surface area contributed by atoms with E-state index in [1.807, 2.05) is 39.9 Å². The van der Waals surface area contributed by atoms with E-state index in [4.69, 9.17) is 4.74 Å². The summed E-state index contributed by atoms with van der Waals surface area (Å²) in [6, 6.07) is 8.00. The normalized spacial score (nSPS) is 30.6. The Hall–Kier alpha value is -3.64. The topological polar surface area (TPSA) is 89.5 Å². The highest BCUT2D eigenvalue weighted by Gasteiger charge is 2.51. The Balaban J connectivity index is 1.23. The number of hydrogen-bond acceptors (Lipinski definition) is 7. The van der Waals surface area contributed by atoms with Gasteiger partial charge >= 0.3 is 0 Å². The van der Waals surface area contributed by atoms with Gasteiger partial charge in [-0.05, 0) is 81.7 Å². The van der Waals surface area contributed by atoms with Crippen LogP contribution in [0.15, 0.2) is 42.6 Å². The zero-order valence-corrected chi connectivity index (χ0v) is 29.3. The van der Waals surface area contributed by atoms with Crippen molar-refractivity contribution in [3.8, 4) is 0 Å². The molecule has 0 unspecified atom stereocenters. The van der Waals surface area contributed by atoms with Gasteiger partial charge in [-0.2, -0.15) is 0 Å². The fourth-order valence-electron chi connectivity index (χ4n) is 8.96. The van der Waals surface area contributed by atoms with Crippen LogP contribution in [0.5, 0.6) is 0 Å². The highest BCUT2D eigenvalue weighted by molar-refractivity contribution is 5.91. The summed E-state index contributed by atoms with van der Waals surface area (Å²) in [5.41, 5.74) is 0.271. The number of likely N-dealkylation sites (N-methyl/N-ethyl adjacent to an activating group) is 1. The van der Waals surface area contributed by atoms with Gasteiger partial charge in [0.1, 0.15) is 29.6 Å². The fourth-order valence-corrected chi connectivity index (χ4v) is 8.96. The van der Waals surface area contributed by atoms with Crippen LogP contribution in [0.25, 0.3) is 0 Å². The quantitative estimate of drug-likeness (QED) is 0.435. The zero-order chi connectivity index (χ0) is 34.9. The van der Waals surface area contributed by atoms with E-state index in [9.17, 15) is 14.0 Å². The van der Waals surface area contributed by atoms with Gasteiger partial charge < -0.3 is 29.2 Å². The lowest BCUT2D eigenvalue weighted by atomic mass is 9.85. The van der Waals surface area contributed by atoms with Crippen LogP contribution in [0, 0.1) is 23.5 Å². The average Bonchev–Trinajstić information content (AvgIpc) is 3.91. The third kappa shape index (κ3) is 7.10. The highest BCUT2D eigenvalue weighted by Crippen LogP contribution is 2.40. The first-order valence-electron chi connectivity index (χ1n) is 18.5. The third-order valence-electron chi connectivity index (χ3n) is 11.9. The number of halogens is 2. The summed E-state index contributed by atoms with van der Waals surface area (Å²) in [5, 5.41) is 0. The summed E-state index contributed by atoms with van der Waals surface area (Å²) >= 11 is 0. The van der Waals surface area contributed by atoms with Crippen molar-refractivity contribution in [2.45, 2.75) is 82.0 Å². The van der Waals surface area contributed by atoms with E-state index in [1.54, 1.807) is 11.1 Å². The number of pyridine rings is 1. The predicted molar refractivity (Wildman–Crippen MR) is 184 cm³/mol. The van der Waals surface area contributed by atoms with Crippen molar-refractivity contribution in [1.29, 1.82) is 0 Å². The molecule has 7 rings (SSSR count). The lowest BCUT2D eigenvalue weighted by molar-refractivity contribution is -0.148. The molecule has 4 saturated heterocycles. The molecule has 1 saturated carbocycles. The van der Waals surface area contributed by atoms with Crippen molar-refractivity contribution in [1.82, 2.24) is 24.6 Å². The molecular formula is C38H50F2N6O4. The number of benzene rings is 1. The van der Waals surface area contributed by atoms with Gasteiger partial charge in [-0.15, -0.1) is 0 Å². The van der Waals surface area contributed by atoms with E-state index in [0.717, 1.165) is 51.3 Å². The smallest absolute Gasteiger partial charge is 0.252 e. The van der Waals surface area contributed by atoms with Crippen LogP contribution in [0.3, 0.4) is 0 Å². The van der Waals surface area contributed by atoms with Crippen LogP contribution in [0.2, 0.25) is 0 Å². The van der Waals surface area contributed by atoms with Crippen molar-refractivity contribution in [2.24, 2.45) is 11.8 Å². The average molecular weight is 693 g/mol. The summed E-state index contributed by atoms with van der Waals surface area (Å²) in [6.07, 6.45) is 6.86. The molecule has 0 spiro atoms. The number of carbonyl (C=O) groups is 3. The summed E-state index contributed by atoms with van der Waals surface area (Å²) < 4.78 is 35.4. The lowest BCUT2D eigenvalue weighted by Gasteiger charge is -2.41. The summed E-state index contributed by atoms with van der Waals surface area (Å²) in [7, 11) is 2.03. The Bertz CT molecular complexity index is 1530. The molecule has 10 nitrogen and oxygen atoms in total. The number of amides is 3. The minimum absolute atomic E-state index is 0.0227. The molecule has 270 valence electrons. The first-order chi connectivity index (χ1) is 24.2. The fraction of sp³-hybridized carbons (Fsp3) is 0.632. The van der Waals surface area contributed by atoms with E-state index >= 15 is 9.18 Å². The van der Waals surface area contributed by atoms with Gasteiger partial charge in [0.2, 0.25) is 11.8 Å². The second-order valence-electron chi connectivity index (χ2n) is 15.2. The van der Waals surface area contributed by atoms with Crippen molar-refractivity contribution >= 4 is 23.5 Å². The van der Waals surface area contributed by atoms with E-state index in [0.29, 0.717) is 50.8 Å². The molecule has 3 amide bonds. The van der Waals surface area contributed by atoms with Crippen LogP contribution in [-0.2, 0) is 19.1 Å². The number of anilines is 1. The van der Waals surface area contributed by atoms with Crippen LogP contribution < -0.4 is 4.90 Å². The minimum Gasteiger partial charge on any atom is -0.368 e. The maximum Gasteiger partial charge on any atom is 0.252 e. The standard InChI is InChI=1S/C38H50F2N6O4/c1-25-8-11-27(12-9-25)46(38(49)34-6-5-19-50-34)28-21-33(37(48)43-17-15-42(2)16-18-43)45(22-28)36(47)31-24-44(35-7-3-4-14-41-35)23-30(31)29-13-10-26(39)20-32(29)40/h3-4,7,10,13-14,20,25,27-28,30-31,33-34H,5-6,8-9,11-12,15-19,21-24H2,1-2H3/t25-,27+,28-,30-,31+,33-,34-/m0/s1. The minimum atomic E-state index is -0.749. The zero-order valence-electron chi connectivity index (χ0n) is 29.3. The number of likely N-dealkylation sites (tertiary alicyclic amines) is 1. The van der Waals surface area contributed by atoms with Gasteiger partial charge in [-0.3, -0.25) is 14.4 Å². The van der Waals surface area contributed by atoms with Gasteiger partial charge in [0, 0.05) is 76.6 Å². The number of piperazine rings is 1. The Morgan fingerprint density at radius 3 is 2.36 bits per heavy atom. The second-order valence-corrected chi connectivity index (χ2v) is 15.2. The van der Waals surface area contributed by atoms with Crippen LogP contribution >= 0.6 is 0 Å². The summed E-state index contributed by atoms with van der Waals surface area (Å²) in [5.74, 6) is -1.78. The molecule has 5 aliphatic rings. The van der Waals surface area contributed by atoms with Crippen LogP contribution in [0.1, 0.15) is 63.4 Å². The number of nitrogens with zero attached hydrogens (tertiary/aromatic N) is 6. The highest BCUT2D eigenvalue weighted by atomic mass is 19.1. The molecule has 1 aromatic heterocycles. The first kappa shape index (κ1) is 34.8. The summed E-state index contributed by atoms with van der Waals surface area (Å²) in [6.45, 7) is 6.24. The number of hydrogen-bond donors (Lipinski definition) is 0. The molecule has 1 aliphatic carbocycles. The predicted octanol–water partition coefficient (Wildman–Crippen LogP) is 3.91. The van der Waals surface area contributed by atoms with Gasteiger partial charge in [0.25, 0.3) is 5.91 Å². The van der Waals surface area contributed by atoms with Gasteiger partial charge in [-0.25, -0.2) is 13.8 Å². The van der Waals surface area contributed by atoms with E-state index in [2.05, 4.69) is 16.8 Å². The number of carbonyl (C=O) groups excluding carboxylic acids is 3. The Labute approximate surface area is 293 Å². The Kier molecular flexibility index (Phi) is 10.4.